The van der Waals surface area contributed by atoms with E-state index in [9.17, 15) is 18.3 Å². The van der Waals surface area contributed by atoms with E-state index in [-0.39, 0.29) is 16.4 Å². The van der Waals surface area contributed by atoms with E-state index in [0.717, 1.165) is 19.1 Å². The molecule has 0 saturated carbocycles. The van der Waals surface area contributed by atoms with Crippen LogP contribution >= 0.6 is 0 Å². The zero-order valence-corrected chi connectivity index (χ0v) is 12.8. The van der Waals surface area contributed by atoms with Gasteiger partial charge in [-0.2, -0.15) is 0 Å². The van der Waals surface area contributed by atoms with Crippen LogP contribution in [0.2, 0.25) is 0 Å². The van der Waals surface area contributed by atoms with Crippen LogP contribution in [-0.4, -0.2) is 25.7 Å². The van der Waals surface area contributed by atoms with Gasteiger partial charge in [-0.15, -0.1) is 0 Å². The maximum Gasteiger partial charge on any atom is 0.335 e. The summed E-state index contributed by atoms with van der Waals surface area (Å²) in [6, 6.07) is 5.95. The van der Waals surface area contributed by atoms with E-state index in [2.05, 4.69) is 0 Å². The van der Waals surface area contributed by atoms with Gasteiger partial charge >= 0.3 is 5.97 Å². The lowest BCUT2D eigenvalue weighted by Crippen LogP contribution is -2.03. The smallest absolute Gasteiger partial charge is 0.335 e. The first-order chi connectivity index (χ1) is 9.25. The minimum Gasteiger partial charge on any atom is -0.478 e. The highest BCUT2D eigenvalue weighted by Gasteiger charge is 2.13. The number of aliphatic carboxylic acids is 1. The monoisotopic (exact) mass is 296 g/mol. The average molecular weight is 296 g/mol. The normalized spacial score (nSPS) is 14.1. The lowest BCUT2D eigenvalue weighted by molar-refractivity contribution is -0.130. The first-order valence-corrected chi connectivity index (χ1v) is 8.40. The molecule has 1 aromatic carbocycles. The number of allylic oxidation sites excluding steroid dienone is 1. The summed E-state index contributed by atoms with van der Waals surface area (Å²) in [6.07, 6.45) is 4.75. The fourth-order valence-corrected chi connectivity index (χ4v) is 2.63. The predicted molar refractivity (Wildman–Crippen MR) is 79.2 cm³/mol. The van der Waals surface area contributed by atoms with Crippen LogP contribution in [0.3, 0.4) is 0 Å². The van der Waals surface area contributed by atoms with Crippen molar-refractivity contribution in [3.8, 4) is 0 Å². The molecule has 1 rings (SSSR count). The maximum absolute atomic E-state index is 11.4. The Hall–Kier alpha value is -1.62. The first kappa shape index (κ1) is 16.4. The third kappa shape index (κ3) is 4.49. The van der Waals surface area contributed by atoms with E-state index in [1.54, 1.807) is 6.08 Å². The molecule has 5 heteroatoms. The van der Waals surface area contributed by atoms with E-state index >= 15 is 0 Å². The topological polar surface area (TPSA) is 71.4 Å². The Bertz CT molecular complexity index is 597. The molecular formula is C15H20O4S. The summed E-state index contributed by atoms with van der Waals surface area (Å²) >= 11 is 0. The van der Waals surface area contributed by atoms with Gasteiger partial charge in [0.05, 0.1) is 10.5 Å². The second kappa shape index (κ2) is 6.70. The van der Waals surface area contributed by atoms with Crippen molar-refractivity contribution in [2.75, 3.05) is 6.26 Å². The molecule has 0 spiro atoms. The van der Waals surface area contributed by atoms with Crippen molar-refractivity contribution < 1.29 is 18.3 Å². The van der Waals surface area contributed by atoms with Gasteiger partial charge in [0.15, 0.2) is 9.84 Å². The van der Waals surface area contributed by atoms with Crippen molar-refractivity contribution in [2.24, 2.45) is 5.92 Å². The Morgan fingerprint density at radius 2 is 1.85 bits per heavy atom. The van der Waals surface area contributed by atoms with E-state index < -0.39 is 15.8 Å². The SMILES string of the molecule is CCCC(C)C=C(C(=O)O)c1ccc(S(C)(=O)=O)cc1. The van der Waals surface area contributed by atoms with Crippen LogP contribution in [0.1, 0.15) is 32.3 Å². The Balaban J connectivity index is 3.14. The van der Waals surface area contributed by atoms with Crippen molar-refractivity contribution in [1.82, 2.24) is 0 Å². The number of carboxylic acid groups (broad SMARTS) is 1. The van der Waals surface area contributed by atoms with Gasteiger partial charge in [-0.05, 0) is 30.0 Å². The van der Waals surface area contributed by atoms with Crippen LogP contribution in [-0.2, 0) is 14.6 Å². The molecular weight excluding hydrogens is 276 g/mol. The highest BCUT2D eigenvalue weighted by Crippen LogP contribution is 2.21. The van der Waals surface area contributed by atoms with Crippen molar-refractivity contribution in [3.63, 3.8) is 0 Å². The number of carbonyl (C=O) groups is 1. The van der Waals surface area contributed by atoms with Gasteiger partial charge in [0, 0.05) is 6.26 Å². The summed E-state index contributed by atoms with van der Waals surface area (Å²) in [7, 11) is -3.26. The van der Waals surface area contributed by atoms with Gasteiger partial charge in [-0.25, -0.2) is 13.2 Å². The third-order valence-electron chi connectivity index (χ3n) is 3.02. The number of carboxylic acids is 1. The van der Waals surface area contributed by atoms with E-state index in [0.29, 0.717) is 5.56 Å². The standard InChI is InChI=1S/C15H20O4S/c1-4-5-11(2)10-14(15(16)17)12-6-8-13(9-7-12)20(3,18)19/h6-11H,4-5H2,1-3H3,(H,16,17). The highest BCUT2D eigenvalue weighted by atomic mass is 32.2. The zero-order valence-electron chi connectivity index (χ0n) is 12.0. The molecule has 0 bridgehead atoms. The Morgan fingerprint density at radius 3 is 2.25 bits per heavy atom. The zero-order chi connectivity index (χ0) is 15.3. The summed E-state index contributed by atoms with van der Waals surface area (Å²) in [5, 5.41) is 9.29. The summed E-state index contributed by atoms with van der Waals surface area (Å²) in [5.74, 6) is -0.833. The first-order valence-electron chi connectivity index (χ1n) is 6.51. The van der Waals surface area contributed by atoms with Gasteiger partial charge in [-0.3, -0.25) is 0 Å². The van der Waals surface area contributed by atoms with Crippen molar-refractivity contribution in [2.45, 2.75) is 31.6 Å². The number of rotatable bonds is 6. The summed E-state index contributed by atoms with van der Waals surface area (Å²) in [4.78, 5) is 11.5. The summed E-state index contributed by atoms with van der Waals surface area (Å²) in [5.41, 5.74) is 0.735. The van der Waals surface area contributed by atoms with Crippen molar-refractivity contribution in [1.29, 1.82) is 0 Å². The van der Waals surface area contributed by atoms with E-state index in [1.165, 1.54) is 24.3 Å². The van der Waals surface area contributed by atoms with E-state index in [1.807, 2.05) is 13.8 Å². The van der Waals surface area contributed by atoms with Gasteiger partial charge < -0.3 is 5.11 Å². The lowest BCUT2D eigenvalue weighted by Gasteiger charge is -2.08. The fraction of sp³-hybridized carbons (Fsp3) is 0.400. The summed E-state index contributed by atoms with van der Waals surface area (Å²) in [6.45, 7) is 4.02. The van der Waals surface area contributed by atoms with Crippen LogP contribution < -0.4 is 0 Å². The molecule has 1 unspecified atom stereocenters. The average Bonchev–Trinajstić information content (AvgIpc) is 2.35. The molecule has 0 radical (unpaired) electrons. The lowest BCUT2D eigenvalue weighted by atomic mass is 9.98. The Labute approximate surface area is 120 Å². The molecule has 0 amide bonds. The maximum atomic E-state index is 11.4. The van der Waals surface area contributed by atoms with Gasteiger partial charge in [0.2, 0.25) is 0 Å². The molecule has 20 heavy (non-hydrogen) atoms. The summed E-state index contributed by atoms with van der Waals surface area (Å²) < 4.78 is 22.8. The fourth-order valence-electron chi connectivity index (χ4n) is 2.00. The van der Waals surface area contributed by atoms with Gasteiger partial charge in [-0.1, -0.05) is 38.5 Å². The molecule has 0 aromatic heterocycles. The molecule has 0 aliphatic carbocycles. The quantitative estimate of drug-likeness (QED) is 0.819. The molecule has 110 valence electrons. The molecule has 1 aromatic rings. The van der Waals surface area contributed by atoms with Crippen molar-refractivity contribution in [3.05, 3.63) is 35.9 Å². The molecule has 4 nitrogen and oxygen atoms in total. The number of hydrogen-bond acceptors (Lipinski definition) is 3. The molecule has 0 aliphatic heterocycles. The molecule has 1 N–H and O–H groups in total. The molecule has 0 aliphatic rings. The Kier molecular flexibility index (Phi) is 5.51. The van der Waals surface area contributed by atoms with E-state index in [4.69, 9.17) is 0 Å². The van der Waals surface area contributed by atoms with Crippen LogP contribution in [0.4, 0.5) is 0 Å². The molecule has 1 atom stereocenters. The van der Waals surface area contributed by atoms with Crippen LogP contribution in [0, 0.1) is 5.92 Å². The molecule has 0 heterocycles. The molecule has 0 fully saturated rings. The number of sulfone groups is 1. The van der Waals surface area contributed by atoms with Gasteiger partial charge in [0.25, 0.3) is 0 Å². The largest absolute Gasteiger partial charge is 0.478 e. The minimum absolute atomic E-state index is 0.167. The number of benzene rings is 1. The van der Waals surface area contributed by atoms with Crippen LogP contribution in [0.5, 0.6) is 0 Å². The predicted octanol–water partition coefficient (Wildman–Crippen LogP) is 2.99. The highest BCUT2D eigenvalue weighted by molar-refractivity contribution is 7.90. The van der Waals surface area contributed by atoms with Crippen LogP contribution in [0.25, 0.3) is 5.57 Å². The minimum atomic E-state index is -3.26. The molecule has 0 saturated heterocycles. The number of hydrogen-bond donors (Lipinski definition) is 1. The second-order valence-electron chi connectivity index (χ2n) is 4.95. The van der Waals surface area contributed by atoms with Gasteiger partial charge in [0.1, 0.15) is 0 Å². The Morgan fingerprint density at radius 1 is 1.30 bits per heavy atom. The van der Waals surface area contributed by atoms with Crippen molar-refractivity contribution >= 4 is 21.4 Å². The second-order valence-corrected chi connectivity index (χ2v) is 6.96. The van der Waals surface area contributed by atoms with Crippen LogP contribution in [0.15, 0.2) is 35.2 Å². The third-order valence-corrected chi connectivity index (χ3v) is 4.15.